The van der Waals surface area contributed by atoms with Crippen molar-refractivity contribution in [3.63, 3.8) is 0 Å². The van der Waals surface area contributed by atoms with Crippen LogP contribution < -0.4 is 10.6 Å². The maximum Gasteiger partial charge on any atom is 0.238 e. The van der Waals surface area contributed by atoms with Gasteiger partial charge in [-0.05, 0) is 38.6 Å². The summed E-state index contributed by atoms with van der Waals surface area (Å²) in [5.74, 6) is -0.0391. The molecule has 21 heavy (non-hydrogen) atoms. The Balaban J connectivity index is 1.94. The highest BCUT2D eigenvalue weighted by Crippen LogP contribution is 2.12. The number of nitrogens with one attached hydrogen (secondary N) is 2. The summed E-state index contributed by atoms with van der Waals surface area (Å²) in [6.07, 6.45) is 1.08. The van der Waals surface area contributed by atoms with Crippen molar-refractivity contribution in [3.8, 4) is 0 Å². The molecule has 1 aliphatic rings. The molecule has 1 fully saturated rings. The van der Waals surface area contributed by atoms with Crippen molar-refractivity contribution < 1.29 is 9.59 Å². The third-order valence-corrected chi connectivity index (χ3v) is 3.86. The molecule has 1 saturated heterocycles. The molecular weight excluding hydrogens is 266 g/mol. The van der Waals surface area contributed by atoms with Gasteiger partial charge in [0, 0.05) is 23.8 Å². The van der Waals surface area contributed by atoms with Gasteiger partial charge in [0.25, 0.3) is 0 Å². The van der Waals surface area contributed by atoms with Crippen molar-refractivity contribution in [2.24, 2.45) is 0 Å². The molecule has 0 radical (unpaired) electrons. The highest BCUT2D eigenvalue weighted by Gasteiger charge is 2.22. The minimum absolute atomic E-state index is 0.00156. The van der Waals surface area contributed by atoms with E-state index in [9.17, 15) is 9.59 Å². The molecule has 0 saturated carbocycles. The van der Waals surface area contributed by atoms with Crippen molar-refractivity contribution >= 4 is 17.4 Å². The molecule has 0 aromatic heterocycles. The van der Waals surface area contributed by atoms with E-state index in [1.54, 1.807) is 24.3 Å². The van der Waals surface area contributed by atoms with Crippen LogP contribution >= 0.6 is 0 Å². The quantitative estimate of drug-likeness (QED) is 0.779. The van der Waals surface area contributed by atoms with Crippen LogP contribution in [-0.4, -0.2) is 48.8 Å². The number of hydrogen-bond donors (Lipinski definition) is 2. The van der Waals surface area contributed by atoms with Gasteiger partial charge in [-0.1, -0.05) is 19.1 Å². The molecule has 0 bridgehead atoms. The first-order valence-corrected chi connectivity index (χ1v) is 7.45. The fourth-order valence-corrected chi connectivity index (χ4v) is 2.65. The van der Waals surface area contributed by atoms with E-state index < -0.39 is 0 Å². The highest BCUT2D eigenvalue weighted by molar-refractivity contribution is 5.97. The van der Waals surface area contributed by atoms with E-state index in [4.69, 9.17) is 0 Å². The van der Waals surface area contributed by atoms with Gasteiger partial charge in [-0.2, -0.15) is 0 Å². The van der Waals surface area contributed by atoms with Crippen molar-refractivity contribution in [1.29, 1.82) is 0 Å². The summed E-state index contributed by atoms with van der Waals surface area (Å²) in [7, 11) is 0. The molecule has 2 N–H and O–H groups in total. The lowest BCUT2D eigenvalue weighted by molar-refractivity contribution is -0.117. The molecule has 1 heterocycles. The Hall–Kier alpha value is -1.72. The minimum atomic E-state index is -0.0375. The van der Waals surface area contributed by atoms with Crippen LogP contribution in [0.2, 0.25) is 0 Å². The molecular formula is C16H23N3O2. The predicted molar refractivity (Wildman–Crippen MR) is 83.6 cm³/mol. The Morgan fingerprint density at radius 3 is 2.86 bits per heavy atom. The smallest absolute Gasteiger partial charge is 0.238 e. The van der Waals surface area contributed by atoms with Gasteiger partial charge in [0.1, 0.15) is 0 Å². The number of anilines is 1. The van der Waals surface area contributed by atoms with Gasteiger partial charge in [-0.15, -0.1) is 0 Å². The van der Waals surface area contributed by atoms with Crippen LogP contribution in [-0.2, 0) is 4.79 Å². The molecule has 1 unspecified atom stereocenters. The predicted octanol–water partition coefficient (Wildman–Crippen LogP) is 1.51. The Morgan fingerprint density at radius 2 is 2.24 bits per heavy atom. The normalized spacial score (nSPS) is 18.0. The lowest BCUT2D eigenvalue weighted by Gasteiger charge is -2.26. The molecule has 0 aliphatic carbocycles. The number of Topliss-reactive ketones (excluding diaryl/α,β-unsaturated/α-hetero) is 1. The molecule has 5 heteroatoms. The number of ketones is 1. The van der Waals surface area contributed by atoms with Crippen molar-refractivity contribution in [2.75, 3.05) is 31.5 Å². The maximum absolute atomic E-state index is 12.2. The van der Waals surface area contributed by atoms with Gasteiger partial charge in [-0.3, -0.25) is 14.5 Å². The molecule has 1 atom stereocenters. The Labute approximate surface area is 125 Å². The molecule has 2 rings (SSSR count). The maximum atomic E-state index is 12.2. The number of nitrogens with zero attached hydrogens (tertiary/aromatic N) is 1. The fourth-order valence-electron chi connectivity index (χ4n) is 2.65. The minimum Gasteiger partial charge on any atom is -0.325 e. The summed E-state index contributed by atoms with van der Waals surface area (Å²) < 4.78 is 0. The van der Waals surface area contributed by atoms with Gasteiger partial charge in [0.2, 0.25) is 5.91 Å². The fraction of sp³-hybridized carbons (Fsp3) is 0.500. The van der Waals surface area contributed by atoms with E-state index in [0.717, 1.165) is 26.1 Å². The topological polar surface area (TPSA) is 61.4 Å². The summed E-state index contributed by atoms with van der Waals surface area (Å²) in [4.78, 5) is 25.7. The number of carbonyl (C=O) groups is 2. The van der Waals surface area contributed by atoms with Crippen LogP contribution in [0.25, 0.3) is 0 Å². The van der Waals surface area contributed by atoms with Gasteiger partial charge in [-0.25, -0.2) is 0 Å². The number of hydrogen-bond acceptors (Lipinski definition) is 4. The average molecular weight is 289 g/mol. The van der Waals surface area contributed by atoms with Crippen molar-refractivity contribution in [3.05, 3.63) is 29.8 Å². The highest BCUT2D eigenvalue weighted by atomic mass is 16.2. The van der Waals surface area contributed by atoms with E-state index in [1.165, 1.54) is 6.92 Å². The van der Waals surface area contributed by atoms with E-state index in [1.807, 2.05) is 0 Å². The average Bonchev–Trinajstić information content (AvgIpc) is 2.99. The van der Waals surface area contributed by atoms with Gasteiger partial charge < -0.3 is 10.6 Å². The largest absolute Gasteiger partial charge is 0.325 e. The zero-order valence-corrected chi connectivity index (χ0v) is 12.7. The third kappa shape index (κ3) is 4.37. The first kappa shape index (κ1) is 15.7. The van der Waals surface area contributed by atoms with E-state index in [-0.39, 0.29) is 11.7 Å². The number of amides is 1. The number of carbonyl (C=O) groups excluding carboxylic acids is 2. The van der Waals surface area contributed by atoms with Gasteiger partial charge in [0.05, 0.1) is 6.54 Å². The van der Waals surface area contributed by atoms with Crippen molar-refractivity contribution in [1.82, 2.24) is 10.2 Å². The monoisotopic (exact) mass is 289 g/mol. The second-order valence-corrected chi connectivity index (χ2v) is 5.39. The number of likely N-dealkylation sites (N-methyl/N-ethyl adjacent to an activating group) is 1. The molecule has 1 aromatic rings. The van der Waals surface area contributed by atoms with Crippen LogP contribution in [0.3, 0.4) is 0 Å². The third-order valence-electron chi connectivity index (χ3n) is 3.86. The van der Waals surface area contributed by atoms with E-state index >= 15 is 0 Å². The Kier molecular flexibility index (Phi) is 5.47. The Morgan fingerprint density at radius 1 is 1.43 bits per heavy atom. The standard InChI is InChI=1S/C16H23N3O2/c1-3-19(15-7-8-17-10-15)11-16(21)18-14-6-4-5-13(9-14)12(2)20/h4-6,9,15,17H,3,7-8,10-11H2,1-2H3,(H,18,21). The lowest BCUT2D eigenvalue weighted by atomic mass is 10.1. The summed E-state index contributed by atoms with van der Waals surface area (Å²) in [6.45, 7) is 6.79. The number of benzene rings is 1. The van der Waals surface area contributed by atoms with E-state index in [2.05, 4.69) is 22.5 Å². The summed E-state index contributed by atoms with van der Waals surface area (Å²) in [5.41, 5.74) is 1.29. The summed E-state index contributed by atoms with van der Waals surface area (Å²) in [5, 5.41) is 6.19. The molecule has 0 spiro atoms. The SMILES string of the molecule is CCN(CC(=O)Nc1cccc(C(C)=O)c1)C1CCNC1. The van der Waals surface area contributed by atoms with E-state index in [0.29, 0.717) is 23.8 Å². The lowest BCUT2D eigenvalue weighted by Crippen LogP contribution is -2.41. The molecule has 114 valence electrons. The molecule has 1 aromatic carbocycles. The van der Waals surface area contributed by atoms with Crippen LogP contribution in [0.1, 0.15) is 30.6 Å². The second kappa shape index (κ2) is 7.33. The molecule has 1 amide bonds. The zero-order valence-electron chi connectivity index (χ0n) is 12.7. The summed E-state index contributed by atoms with van der Waals surface area (Å²) >= 11 is 0. The van der Waals surface area contributed by atoms with Crippen LogP contribution in [0.15, 0.2) is 24.3 Å². The van der Waals surface area contributed by atoms with Gasteiger partial charge in [0.15, 0.2) is 5.78 Å². The van der Waals surface area contributed by atoms with Gasteiger partial charge >= 0.3 is 0 Å². The first-order valence-electron chi connectivity index (χ1n) is 7.45. The zero-order chi connectivity index (χ0) is 15.2. The number of rotatable bonds is 6. The summed E-state index contributed by atoms with van der Waals surface area (Å²) in [6, 6.07) is 7.49. The Bertz CT molecular complexity index is 510. The molecule has 5 nitrogen and oxygen atoms in total. The van der Waals surface area contributed by atoms with Crippen LogP contribution in [0.4, 0.5) is 5.69 Å². The van der Waals surface area contributed by atoms with Crippen LogP contribution in [0.5, 0.6) is 0 Å². The molecule has 1 aliphatic heterocycles. The second-order valence-electron chi connectivity index (χ2n) is 5.39. The van der Waals surface area contributed by atoms with Crippen LogP contribution in [0, 0.1) is 0 Å². The van der Waals surface area contributed by atoms with Crippen molar-refractivity contribution in [2.45, 2.75) is 26.3 Å². The first-order chi connectivity index (χ1) is 10.1.